The maximum Gasteiger partial charge on any atom is 0.306 e. The van der Waals surface area contributed by atoms with Crippen molar-refractivity contribution in [1.82, 2.24) is 0 Å². The number of esters is 1. The third-order valence-electron chi connectivity index (χ3n) is 2.02. The highest BCUT2D eigenvalue weighted by molar-refractivity contribution is 5.69. The molecule has 1 atom stereocenters. The van der Waals surface area contributed by atoms with Crippen LogP contribution < -0.4 is 0 Å². The first-order chi connectivity index (χ1) is 7.60. The molecule has 16 heavy (non-hydrogen) atoms. The first-order valence-electron chi connectivity index (χ1n) is 5.73. The second kappa shape index (κ2) is 8.96. The second-order valence-electron chi connectivity index (χ2n) is 3.78. The molecule has 0 rings (SSSR count). The molecule has 0 saturated heterocycles. The molecule has 0 saturated carbocycles. The molecule has 0 amide bonds. The molecule has 0 bridgehead atoms. The Kier molecular flexibility index (Phi) is 8.22. The van der Waals surface area contributed by atoms with E-state index < -0.39 is 0 Å². The van der Waals surface area contributed by atoms with Gasteiger partial charge in [0.05, 0.1) is 13.0 Å². The first kappa shape index (κ1) is 14.7. The van der Waals surface area contributed by atoms with Gasteiger partial charge in [0, 0.05) is 0 Å². The fourth-order valence-corrected chi connectivity index (χ4v) is 1.27. The minimum Gasteiger partial charge on any atom is -0.466 e. The van der Waals surface area contributed by atoms with Crippen LogP contribution >= 0.6 is 0 Å². The normalized spacial score (nSPS) is 14.6. The standard InChI is InChI=1S/C14H22O2/c1-5-8-12(3)9-7-10-13(4)11-14(15)16-6-2/h5,7-10,13H,6,11H2,1-4H3/b8-5+,10-7-,12-9-/t13-/m1/s1. The van der Waals surface area contributed by atoms with Gasteiger partial charge in [-0.15, -0.1) is 0 Å². The zero-order valence-corrected chi connectivity index (χ0v) is 10.7. The first-order valence-corrected chi connectivity index (χ1v) is 5.73. The van der Waals surface area contributed by atoms with Crippen LogP contribution in [0.15, 0.2) is 36.0 Å². The molecule has 2 heteroatoms. The van der Waals surface area contributed by atoms with E-state index in [2.05, 4.69) is 0 Å². The highest BCUT2D eigenvalue weighted by Crippen LogP contribution is 2.06. The molecule has 0 aliphatic carbocycles. The Bertz CT molecular complexity index is 285. The Morgan fingerprint density at radius 1 is 1.44 bits per heavy atom. The lowest BCUT2D eigenvalue weighted by Gasteiger charge is -2.04. The molecule has 0 aromatic heterocycles. The zero-order chi connectivity index (χ0) is 12.4. The maximum absolute atomic E-state index is 11.2. The molecule has 0 aliphatic heterocycles. The zero-order valence-electron chi connectivity index (χ0n) is 10.7. The van der Waals surface area contributed by atoms with Crippen LogP contribution in [0.1, 0.15) is 34.1 Å². The lowest BCUT2D eigenvalue weighted by molar-refractivity contribution is -0.143. The van der Waals surface area contributed by atoms with Crippen molar-refractivity contribution in [3.63, 3.8) is 0 Å². The fourth-order valence-electron chi connectivity index (χ4n) is 1.27. The predicted octanol–water partition coefficient (Wildman–Crippen LogP) is 3.65. The summed E-state index contributed by atoms with van der Waals surface area (Å²) in [6.45, 7) is 8.31. The minimum atomic E-state index is -0.131. The van der Waals surface area contributed by atoms with Crippen molar-refractivity contribution < 1.29 is 9.53 Å². The van der Waals surface area contributed by atoms with Crippen LogP contribution in [0.3, 0.4) is 0 Å². The van der Waals surface area contributed by atoms with Crippen LogP contribution in [0.25, 0.3) is 0 Å². The Hall–Kier alpha value is -1.31. The summed E-state index contributed by atoms with van der Waals surface area (Å²) in [6, 6.07) is 0. The van der Waals surface area contributed by atoms with E-state index in [1.807, 2.05) is 58.1 Å². The highest BCUT2D eigenvalue weighted by atomic mass is 16.5. The summed E-state index contributed by atoms with van der Waals surface area (Å²) in [4.78, 5) is 11.2. The number of hydrogen-bond acceptors (Lipinski definition) is 2. The number of ether oxygens (including phenoxy) is 1. The lowest BCUT2D eigenvalue weighted by atomic mass is 10.1. The van der Waals surface area contributed by atoms with Gasteiger partial charge in [0.25, 0.3) is 0 Å². The molecule has 0 aromatic carbocycles. The van der Waals surface area contributed by atoms with Gasteiger partial charge in [0.15, 0.2) is 0 Å². The Morgan fingerprint density at radius 2 is 2.12 bits per heavy atom. The SMILES string of the molecule is C/C=C/C(C)=C\C=C/[C@@H](C)CC(=O)OCC. The van der Waals surface area contributed by atoms with Gasteiger partial charge in [0.1, 0.15) is 0 Å². The van der Waals surface area contributed by atoms with Gasteiger partial charge < -0.3 is 4.74 Å². The third kappa shape index (κ3) is 8.04. The van der Waals surface area contributed by atoms with Gasteiger partial charge in [-0.05, 0) is 26.7 Å². The monoisotopic (exact) mass is 222 g/mol. The molecule has 0 heterocycles. The molecule has 0 fully saturated rings. The average Bonchev–Trinajstić information content (AvgIpc) is 2.18. The summed E-state index contributed by atoms with van der Waals surface area (Å²) in [6.07, 6.45) is 10.5. The molecule has 0 radical (unpaired) electrons. The number of carbonyl (C=O) groups is 1. The smallest absolute Gasteiger partial charge is 0.306 e. The van der Waals surface area contributed by atoms with Crippen molar-refractivity contribution in [2.75, 3.05) is 6.61 Å². The Labute approximate surface area is 98.7 Å². The highest BCUT2D eigenvalue weighted by Gasteiger charge is 2.05. The van der Waals surface area contributed by atoms with Crippen molar-refractivity contribution in [3.8, 4) is 0 Å². The van der Waals surface area contributed by atoms with E-state index in [4.69, 9.17) is 4.74 Å². The van der Waals surface area contributed by atoms with Crippen molar-refractivity contribution in [2.45, 2.75) is 34.1 Å². The van der Waals surface area contributed by atoms with Crippen molar-refractivity contribution in [2.24, 2.45) is 5.92 Å². The molecule has 90 valence electrons. The van der Waals surface area contributed by atoms with E-state index in [1.54, 1.807) is 0 Å². The molecular weight excluding hydrogens is 200 g/mol. The molecule has 0 aromatic rings. The summed E-state index contributed by atoms with van der Waals surface area (Å²) >= 11 is 0. The molecule has 0 aliphatic rings. The van der Waals surface area contributed by atoms with Crippen molar-refractivity contribution in [1.29, 1.82) is 0 Å². The molecular formula is C14H22O2. The van der Waals surface area contributed by atoms with E-state index in [0.717, 1.165) is 0 Å². The second-order valence-corrected chi connectivity index (χ2v) is 3.78. The van der Waals surface area contributed by atoms with Gasteiger partial charge in [0.2, 0.25) is 0 Å². The van der Waals surface area contributed by atoms with Gasteiger partial charge in [-0.3, -0.25) is 4.79 Å². The summed E-state index contributed by atoms with van der Waals surface area (Å²) in [7, 11) is 0. The Balaban J connectivity index is 4.04. The summed E-state index contributed by atoms with van der Waals surface area (Å²) < 4.78 is 4.88. The van der Waals surface area contributed by atoms with Crippen LogP contribution in [-0.2, 0) is 9.53 Å². The van der Waals surface area contributed by atoms with E-state index >= 15 is 0 Å². The maximum atomic E-state index is 11.2. The average molecular weight is 222 g/mol. The number of allylic oxidation sites excluding steroid dienone is 6. The molecule has 0 N–H and O–H groups in total. The van der Waals surface area contributed by atoms with Crippen molar-refractivity contribution >= 4 is 5.97 Å². The topological polar surface area (TPSA) is 26.3 Å². The molecule has 0 unspecified atom stereocenters. The van der Waals surface area contributed by atoms with Gasteiger partial charge in [-0.25, -0.2) is 0 Å². The molecule has 0 spiro atoms. The minimum absolute atomic E-state index is 0.131. The van der Waals surface area contributed by atoms with Gasteiger partial charge in [-0.1, -0.05) is 42.9 Å². The van der Waals surface area contributed by atoms with Crippen molar-refractivity contribution in [3.05, 3.63) is 36.0 Å². The lowest BCUT2D eigenvalue weighted by Crippen LogP contribution is -2.07. The predicted molar refractivity (Wildman–Crippen MR) is 68.1 cm³/mol. The fraction of sp³-hybridized carbons (Fsp3) is 0.500. The van der Waals surface area contributed by atoms with Crippen LogP contribution in [0.2, 0.25) is 0 Å². The summed E-state index contributed by atoms with van der Waals surface area (Å²) in [5, 5.41) is 0. The van der Waals surface area contributed by atoms with Gasteiger partial charge >= 0.3 is 5.97 Å². The van der Waals surface area contributed by atoms with E-state index in [1.165, 1.54) is 5.57 Å². The largest absolute Gasteiger partial charge is 0.466 e. The van der Waals surface area contributed by atoms with Crippen LogP contribution in [-0.4, -0.2) is 12.6 Å². The van der Waals surface area contributed by atoms with Gasteiger partial charge in [-0.2, -0.15) is 0 Å². The van der Waals surface area contributed by atoms with Crippen LogP contribution in [0.5, 0.6) is 0 Å². The van der Waals surface area contributed by atoms with Crippen LogP contribution in [0, 0.1) is 5.92 Å². The summed E-state index contributed by atoms with van der Waals surface area (Å²) in [5.74, 6) is 0.0857. The summed E-state index contributed by atoms with van der Waals surface area (Å²) in [5.41, 5.74) is 1.20. The molecule has 2 nitrogen and oxygen atoms in total. The number of carbonyl (C=O) groups excluding carboxylic acids is 1. The van der Waals surface area contributed by atoms with E-state index in [9.17, 15) is 4.79 Å². The quantitative estimate of drug-likeness (QED) is 0.506. The number of hydrogen-bond donors (Lipinski definition) is 0. The number of rotatable bonds is 6. The van der Waals surface area contributed by atoms with Crippen LogP contribution in [0.4, 0.5) is 0 Å². The van der Waals surface area contributed by atoms with E-state index in [0.29, 0.717) is 13.0 Å². The van der Waals surface area contributed by atoms with E-state index in [-0.39, 0.29) is 11.9 Å². The third-order valence-corrected chi connectivity index (χ3v) is 2.02. The Morgan fingerprint density at radius 3 is 2.69 bits per heavy atom.